The monoisotopic (exact) mass is 365 g/mol. The molecule has 1 aliphatic rings. The normalized spacial score (nSPS) is 14.4. The molecule has 0 radical (unpaired) electrons. The van der Waals surface area contributed by atoms with Gasteiger partial charge in [0.2, 0.25) is 0 Å². The summed E-state index contributed by atoms with van der Waals surface area (Å²) in [5.41, 5.74) is 2.45. The van der Waals surface area contributed by atoms with Crippen LogP contribution in [0.1, 0.15) is 29.0 Å². The highest BCUT2D eigenvalue weighted by molar-refractivity contribution is 9.10. The highest BCUT2D eigenvalue weighted by Crippen LogP contribution is 2.28. The van der Waals surface area contributed by atoms with Gasteiger partial charge in [-0.25, -0.2) is 4.98 Å². The van der Waals surface area contributed by atoms with Crippen LogP contribution < -0.4 is 10.2 Å². The van der Waals surface area contributed by atoms with Gasteiger partial charge in [0.15, 0.2) is 5.13 Å². The summed E-state index contributed by atoms with van der Waals surface area (Å²) < 4.78 is 1.12. The molecule has 3 rings (SSSR count). The van der Waals surface area contributed by atoms with E-state index in [1.54, 1.807) is 11.3 Å². The molecule has 0 spiro atoms. The molecule has 21 heavy (non-hydrogen) atoms. The Morgan fingerprint density at radius 2 is 2.24 bits per heavy atom. The Labute approximate surface area is 138 Å². The maximum Gasteiger partial charge on any atom is 0.185 e. The van der Waals surface area contributed by atoms with E-state index in [1.807, 2.05) is 0 Å². The SMILES string of the molecule is Cc1nc(N(C)Cc2cccc(Br)c2)sc1CNC1CC1. The Balaban J connectivity index is 1.66. The minimum Gasteiger partial charge on any atom is -0.347 e. The zero-order valence-corrected chi connectivity index (χ0v) is 14.8. The molecule has 1 N–H and O–H groups in total. The van der Waals surface area contributed by atoms with E-state index in [0.29, 0.717) is 0 Å². The Hall–Kier alpha value is -0.910. The second-order valence-electron chi connectivity index (χ2n) is 5.65. The summed E-state index contributed by atoms with van der Waals surface area (Å²) >= 11 is 5.33. The summed E-state index contributed by atoms with van der Waals surface area (Å²) in [4.78, 5) is 8.30. The van der Waals surface area contributed by atoms with Crippen LogP contribution in [0.3, 0.4) is 0 Å². The van der Waals surface area contributed by atoms with Crippen LogP contribution in [0.25, 0.3) is 0 Å². The van der Waals surface area contributed by atoms with E-state index in [0.717, 1.165) is 34.4 Å². The largest absolute Gasteiger partial charge is 0.347 e. The maximum absolute atomic E-state index is 4.72. The predicted molar refractivity (Wildman–Crippen MR) is 93.0 cm³/mol. The molecule has 2 aromatic rings. The summed E-state index contributed by atoms with van der Waals surface area (Å²) in [6.45, 7) is 3.94. The lowest BCUT2D eigenvalue weighted by molar-refractivity contribution is 0.691. The topological polar surface area (TPSA) is 28.2 Å². The number of halogens is 1. The molecular weight excluding hydrogens is 346 g/mol. The smallest absolute Gasteiger partial charge is 0.185 e. The van der Waals surface area contributed by atoms with Crippen molar-refractivity contribution in [3.05, 3.63) is 44.9 Å². The van der Waals surface area contributed by atoms with Crippen molar-refractivity contribution in [2.75, 3.05) is 11.9 Å². The summed E-state index contributed by atoms with van der Waals surface area (Å²) in [5.74, 6) is 0. The number of aromatic nitrogens is 1. The van der Waals surface area contributed by atoms with Crippen LogP contribution in [-0.4, -0.2) is 18.1 Å². The van der Waals surface area contributed by atoms with Crippen LogP contribution in [-0.2, 0) is 13.1 Å². The molecule has 1 aromatic heterocycles. The van der Waals surface area contributed by atoms with E-state index >= 15 is 0 Å². The van der Waals surface area contributed by atoms with Gasteiger partial charge >= 0.3 is 0 Å². The Morgan fingerprint density at radius 3 is 2.95 bits per heavy atom. The zero-order valence-electron chi connectivity index (χ0n) is 12.4. The molecule has 1 heterocycles. The molecule has 1 fully saturated rings. The highest BCUT2D eigenvalue weighted by Gasteiger charge is 2.21. The van der Waals surface area contributed by atoms with Gasteiger partial charge in [-0.15, -0.1) is 11.3 Å². The average Bonchev–Trinajstić information content (AvgIpc) is 3.19. The van der Waals surface area contributed by atoms with Gasteiger partial charge in [0.25, 0.3) is 0 Å². The molecule has 0 unspecified atom stereocenters. The van der Waals surface area contributed by atoms with E-state index < -0.39 is 0 Å². The number of hydrogen-bond donors (Lipinski definition) is 1. The molecular formula is C16H20BrN3S. The first kappa shape index (κ1) is 15.0. The molecule has 0 aliphatic heterocycles. The third-order valence-electron chi connectivity index (χ3n) is 3.65. The number of thiazole rings is 1. The third-order valence-corrected chi connectivity index (χ3v) is 5.41. The summed E-state index contributed by atoms with van der Waals surface area (Å²) in [6, 6.07) is 9.18. The molecule has 3 nitrogen and oxygen atoms in total. The number of rotatable bonds is 6. The summed E-state index contributed by atoms with van der Waals surface area (Å²) in [5, 5.41) is 4.67. The fraction of sp³-hybridized carbons (Fsp3) is 0.438. The number of aryl methyl sites for hydroxylation is 1. The van der Waals surface area contributed by atoms with Crippen LogP contribution in [0.2, 0.25) is 0 Å². The lowest BCUT2D eigenvalue weighted by Gasteiger charge is -2.15. The first-order chi connectivity index (χ1) is 10.1. The van der Waals surface area contributed by atoms with Gasteiger partial charge in [0, 0.05) is 35.5 Å². The molecule has 0 saturated heterocycles. The van der Waals surface area contributed by atoms with Gasteiger partial charge in [0.05, 0.1) is 5.69 Å². The van der Waals surface area contributed by atoms with Gasteiger partial charge < -0.3 is 10.2 Å². The first-order valence-electron chi connectivity index (χ1n) is 7.27. The number of benzene rings is 1. The van der Waals surface area contributed by atoms with Crippen molar-refractivity contribution in [1.82, 2.24) is 10.3 Å². The average molecular weight is 366 g/mol. The third kappa shape index (κ3) is 4.05. The molecule has 1 aliphatic carbocycles. The second-order valence-corrected chi connectivity index (χ2v) is 7.62. The van der Waals surface area contributed by atoms with E-state index in [-0.39, 0.29) is 0 Å². The van der Waals surface area contributed by atoms with Crippen molar-refractivity contribution in [3.63, 3.8) is 0 Å². The van der Waals surface area contributed by atoms with Crippen molar-refractivity contribution in [2.45, 2.75) is 38.9 Å². The van der Waals surface area contributed by atoms with Crippen LogP contribution in [0.4, 0.5) is 5.13 Å². The standard InChI is InChI=1S/C16H20BrN3S/c1-11-15(9-18-14-6-7-14)21-16(19-11)20(2)10-12-4-3-5-13(17)8-12/h3-5,8,14,18H,6-7,9-10H2,1-2H3. The lowest BCUT2D eigenvalue weighted by atomic mass is 10.2. The van der Waals surface area contributed by atoms with Crippen LogP contribution in [0.5, 0.6) is 0 Å². The number of nitrogens with zero attached hydrogens (tertiary/aromatic N) is 2. The van der Waals surface area contributed by atoms with Crippen molar-refractivity contribution >= 4 is 32.4 Å². The van der Waals surface area contributed by atoms with Gasteiger partial charge in [-0.3, -0.25) is 0 Å². The predicted octanol–water partition coefficient (Wildman–Crippen LogP) is 4.10. The number of anilines is 1. The van der Waals surface area contributed by atoms with Crippen LogP contribution >= 0.6 is 27.3 Å². The van der Waals surface area contributed by atoms with Crippen molar-refractivity contribution in [2.24, 2.45) is 0 Å². The highest BCUT2D eigenvalue weighted by atomic mass is 79.9. The molecule has 112 valence electrons. The summed E-state index contributed by atoms with van der Waals surface area (Å²) in [6.07, 6.45) is 2.65. The van der Waals surface area contributed by atoms with E-state index in [1.165, 1.54) is 23.3 Å². The molecule has 0 atom stereocenters. The molecule has 1 saturated carbocycles. The van der Waals surface area contributed by atoms with Crippen molar-refractivity contribution in [1.29, 1.82) is 0 Å². The molecule has 5 heteroatoms. The second kappa shape index (κ2) is 6.46. The number of nitrogens with one attached hydrogen (secondary N) is 1. The minimum absolute atomic E-state index is 0.745. The van der Waals surface area contributed by atoms with Crippen molar-refractivity contribution in [3.8, 4) is 0 Å². The fourth-order valence-electron chi connectivity index (χ4n) is 2.24. The minimum atomic E-state index is 0.745. The van der Waals surface area contributed by atoms with Gasteiger partial charge in [0.1, 0.15) is 0 Å². The Kier molecular flexibility index (Phi) is 4.62. The van der Waals surface area contributed by atoms with E-state index in [4.69, 9.17) is 4.98 Å². The Morgan fingerprint density at radius 1 is 1.43 bits per heavy atom. The molecule has 0 amide bonds. The van der Waals surface area contributed by atoms with Crippen molar-refractivity contribution < 1.29 is 0 Å². The van der Waals surface area contributed by atoms with Crippen LogP contribution in [0.15, 0.2) is 28.7 Å². The van der Waals surface area contributed by atoms with Gasteiger partial charge in [-0.05, 0) is 37.5 Å². The molecule has 1 aromatic carbocycles. The maximum atomic E-state index is 4.72. The van der Waals surface area contributed by atoms with Gasteiger partial charge in [-0.2, -0.15) is 0 Å². The van der Waals surface area contributed by atoms with E-state index in [2.05, 4.69) is 64.4 Å². The number of hydrogen-bond acceptors (Lipinski definition) is 4. The lowest BCUT2D eigenvalue weighted by Crippen LogP contribution is -2.16. The molecule has 0 bridgehead atoms. The fourth-order valence-corrected chi connectivity index (χ4v) is 3.66. The zero-order chi connectivity index (χ0) is 14.8. The van der Waals surface area contributed by atoms with Gasteiger partial charge in [-0.1, -0.05) is 28.1 Å². The van der Waals surface area contributed by atoms with Crippen LogP contribution in [0, 0.1) is 6.92 Å². The first-order valence-corrected chi connectivity index (χ1v) is 8.88. The Bertz CT molecular complexity index is 622. The quantitative estimate of drug-likeness (QED) is 0.834. The summed E-state index contributed by atoms with van der Waals surface area (Å²) in [7, 11) is 2.11. The van der Waals surface area contributed by atoms with E-state index in [9.17, 15) is 0 Å².